The molecule has 4 aliphatic rings. The molecule has 2 N–H and O–H groups in total. The Morgan fingerprint density at radius 1 is 1.00 bits per heavy atom. The van der Waals surface area contributed by atoms with E-state index in [-0.39, 0.29) is 35.0 Å². The van der Waals surface area contributed by atoms with Crippen LogP contribution < -0.4 is 10.6 Å². The molecule has 4 rings (SSSR count). The molecule has 0 aromatic rings. The molecule has 0 radical (unpaired) electrons. The van der Waals surface area contributed by atoms with Crippen molar-refractivity contribution >= 4 is 29.7 Å². The number of nitrogens with zero attached hydrogens (tertiary/aromatic N) is 1. The highest BCUT2D eigenvalue weighted by molar-refractivity contribution is 6.36. The van der Waals surface area contributed by atoms with E-state index in [0.29, 0.717) is 13.0 Å². The van der Waals surface area contributed by atoms with Gasteiger partial charge in [0.25, 0.3) is 5.78 Å². The van der Waals surface area contributed by atoms with Crippen LogP contribution in [0.2, 0.25) is 0 Å². The molecular weight excluding hydrogens is 490 g/mol. The molecule has 5 atom stereocenters. The first-order valence-electron chi connectivity index (χ1n) is 14.0. The van der Waals surface area contributed by atoms with Gasteiger partial charge in [-0.3, -0.25) is 14.4 Å². The van der Waals surface area contributed by atoms with Crippen LogP contribution in [-0.4, -0.2) is 71.9 Å². The van der Waals surface area contributed by atoms with Crippen molar-refractivity contribution in [3.05, 3.63) is 0 Å². The Morgan fingerprint density at radius 3 is 2.18 bits per heavy atom. The van der Waals surface area contributed by atoms with Gasteiger partial charge in [0.05, 0.1) is 13.2 Å². The first-order chi connectivity index (χ1) is 17.7. The van der Waals surface area contributed by atoms with Gasteiger partial charge in [0.1, 0.15) is 17.7 Å². The Balaban J connectivity index is 1.54. The van der Waals surface area contributed by atoms with Gasteiger partial charge < -0.3 is 25.0 Å². The summed E-state index contributed by atoms with van der Waals surface area (Å²) < 4.78 is 10.1. The van der Waals surface area contributed by atoms with Gasteiger partial charge in [0.15, 0.2) is 0 Å². The molecule has 10 heteroatoms. The highest BCUT2D eigenvalue weighted by Crippen LogP contribution is 2.65. The maximum absolute atomic E-state index is 14.0. The molecule has 0 bridgehead atoms. The number of methoxy groups -OCH3 is 1. The lowest BCUT2D eigenvalue weighted by Crippen LogP contribution is -2.59. The minimum absolute atomic E-state index is 0.0350. The number of alkyl carbamates (subject to hydrolysis) is 1. The predicted molar refractivity (Wildman–Crippen MR) is 138 cm³/mol. The summed E-state index contributed by atoms with van der Waals surface area (Å²) in [5, 5.41) is 5.63. The van der Waals surface area contributed by atoms with E-state index in [4.69, 9.17) is 4.74 Å². The molecule has 3 saturated carbocycles. The number of ether oxygens (including phenoxy) is 2. The van der Waals surface area contributed by atoms with E-state index >= 15 is 0 Å². The van der Waals surface area contributed by atoms with E-state index in [2.05, 4.69) is 29.2 Å². The number of piperidine rings is 1. The fraction of sp³-hybridized carbons (Fsp3) is 0.821. The molecule has 3 aliphatic carbocycles. The van der Waals surface area contributed by atoms with Gasteiger partial charge in [-0.05, 0) is 69.1 Å². The molecule has 1 saturated heterocycles. The molecule has 10 nitrogen and oxygen atoms in total. The number of amides is 3. The van der Waals surface area contributed by atoms with E-state index in [1.165, 1.54) is 0 Å². The topological polar surface area (TPSA) is 131 Å². The third-order valence-electron chi connectivity index (χ3n) is 8.86. The lowest BCUT2D eigenvalue weighted by molar-refractivity contribution is -0.153. The number of hydrogen-bond acceptors (Lipinski definition) is 7. The Kier molecular flexibility index (Phi) is 7.83. The van der Waals surface area contributed by atoms with E-state index < -0.39 is 47.5 Å². The molecule has 1 heterocycles. The van der Waals surface area contributed by atoms with Crippen molar-refractivity contribution in [2.24, 2.45) is 29.1 Å². The highest BCUT2D eigenvalue weighted by Gasteiger charge is 2.69. The number of hydrogen-bond donors (Lipinski definition) is 2. The Morgan fingerprint density at radius 2 is 1.63 bits per heavy atom. The monoisotopic (exact) mass is 533 g/mol. The second-order valence-corrected chi connectivity index (χ2v) is 13.2. The van der Waals surface area contributed by atoms with Gasteiger partial charge in [-0.2, -0.15) is 0 Å². The number of nitrogens with one attached hydrogen (secondary N) is 2. The van der Waals surface area contributed by atoms with Crippen LogP contribution in [0.15, 0.2) is 0 Å². The standard InChI is InChI=1S/C28H43N3O7/c1-27(2,3)38-26(36)30-20(16-9-7-8-10-16)24(34)31-14-17-19(28(17,4)5)21(31)23(33)29-18(13-15-11-12-15)22(32)25(35)37-6/h15-21H,7-14H2,1-6H3,(H,29,33)(H,30,36)/t17?,18?,19-,20-,21-/m0/s1. The molecule has 0 spiro atoms. The van der Waals surface area contributed by atoms with Crippen LogP contribution in [0.4, 0.5) is 4.79 Å². The first-order valence-corrected chi connectivity index (χ1v) is 14.0. The van der Waals surface area contributed by atoms with Gasteiger partial charge in [0.2, 0.25) is 11.8 Å². The zero-order valence-electron chi connectivity index (χ0n) is 23.5. The number of esters is 1. The lowest BCUT2D eigenvalue weighted by Gasteiger charge is -2.35. The Labute approximate surface area is 224 Å². The number of likely N-dealkylation sites (tertiary alicyclic amines) is 1. The van der Waals surface area contributed by atoms with Crippen molar-refractivity contribution in [3.63, 3.8) is 0 Å². The first kappa shape index (κ1) is 28.4. The van der Waals surface area contributed by atoms with E-state index in [0.717, 1.165) is 45.6 Å². The number of ketones is 1. The average molecular weight is 534 g/mol. The summed E-state index contributed by atoms with van der Waals surface area (Å²) in [7, 11) is 1.14. The minimum Gasteiger partial charge on any atom is -0.463 e. The van der Waals surface area contributed by atoms with E-state index in [1.807, 2.05) is 0 Å². The van der Waals surface area contributed by atoms with Crippen molar-refractivity contribution in [3.8, 4) is 0 Å². The van der Waals surface area contributed by atoms with Crippen molar-refractivity contribution in [1.82, 2.24) is 15.5 Å². The van der Waals surface area contributed by atoms with Gasteiger partial charge in [-0.25, -0.2) is 9.59 Å². The largest absolute Gasteiger partial charge is 0.463 e. The second kappa shape index (κ2) is 10.5. The Hall–Kier alpha value is -2.65. The summed E-state index contributed by atoms with van der Waals surface area (Å²) in [6, 6.07) is -2.55. The summed E-state index contributed by atoms with van der Waals surface area (Å²) in [4.78, 5) is 66.8. The van der Waals surface area contributed by atoms with Crippen LogP contribution in [0.25, 0.3) is 0 Å². The van der Waals surface area contributed by atoms with Crippen molar-refractivity contribution in [2.45, 2.75) is 103 Å². The van der Waals surface area contributed by atoms with Crippen LogP contribution in [0.1, 0.15) is 79.6 Å². The SMILES string of the molecule is COC(=O)C(=O)C(CC1CC1)NC(=O)[C@@H]1[C@@H]2C(CN1C(=O)[C@@H](NC(=O)OC(C)(C)C)C1CCCC1)C2(C)C. The van der Waals surface area contributed by atoms with Crippen LogP contribution in [0.3, 0.4) is 0 Å². The summed E-state index contributed by atoms with van der Waals surface area (Å²) in [5.74, 6) is -2.14. The fourth-order valence-corrected chi connectivity index (χ4v) is 6.52. The zero-order valence-corrected chi connectivity index (χ0v) is 23.5. The third kappa shape index (κ3) is 5.99. The summed E-state index contributed by atoms with van der Waals surface area (Å²) >= 11 is 0. The zero-order chi connectivity index (χ0) is 28.0. The normalized spacial score (nSPS) is 27.6. The fourth-order valence-electron chi connectivity index (χ4n) is 6.52. The maximum Gasteiger partial charge on any atom is 0.408 e. The van der Waals surface area contributed by atoms with E-state index in [1.54, 1.807) is 25.7 Å². The van der Waals surface area contributed by atoms with Gasteiger partial charge in [-0.15, -0.1) is 0 Å². The predicted octanol–water partition coefficient (Wildman–Crippen LogP) is 2.58. The number of carbonyl (C=O) groups is 5. The van der Waals surface area contributed by atoms with Crippen molar-refractivity contribution in [1.29, 1.82) is 0 Å². The van der Waals surface area contributed by atoms with Crippen molar-refractivity contribution in [2.75, 3.05) is 13.7 Å². The molecule has 0 aromatic carbocycles. The number of carbonyl (C=O) groups excluding carboxylic acids is 5. The molecule has 38 heavy (non-hydrogen) atoms. The third-order valence-corrected chi connectivity index (χ3v) is 8.86. The van der Waals surface area contributed by atoms with E-state index in [9.17, 15) is 24.0 Å². The lowest BCUT2D eigenvalue weighted by atomic mass is 9.94. The van der Waals surface area contributed by atoms with Crippen LogP contribution in [-0.2, 0) is 28.7 Å². The Bertz CT molecular complexity index is 977. The van der Waals surface area contributed by atoms with Crippen LogP contribution >= 0.6 is 0 Å². The molecule has 212 valence electrons. The number of fused-ring (bicyclic) bond motifs is 1. The van der Waals surface area contributed by atoms with Gasteiger partial charge in [-0.1, -0.05) is 39.5 Å². The minimum atomic E-state index is -0.984. The molecule has 2 unspecified atom stereocenters. The molecule has 4 fully saturated rings. The molecular formula is C28H43N3O7. The maximum atomic E-state index is 14.0. The average Bonchev–Trinajstić information content (AvgIpc) is 3.53. The summed E-state index contributed by atoms with van der Waals surface area (Å²) in [6.45, 7) is 9.87. The quantitative estimate of drug-likeness (QED) is 0.344. The van der Waals surface area contributed by atoms with Crippen molar-refractivity contribution < 1.29 is 33.4 Å². The van der Waals surface area contributed by atoms with Gasteiger partial charge in [0, 0.05) is 6.54 Å². The summed E-state index contributed by atoms with van der Waals surface area (Å²) in [5.41, 5.74) is -0.837. The van der Waals surface area contributed by atoms with Gasteiger partial charge >= 0.3 is 12.1 Å². The van der Waals surface area contributed by atoms with Crippen LogP contribution in [0, 0.1) is 29.1 Å². The smallest absolute Gasteiger partial charge is 0.408 e. The number of Topliss-reactive ketones (excluding diaryl/α,β-unsaturated/α-hetero) is 1. The number of rotatable bonds is 9. The molecule has 0 aromatic heterocycles. The summed E-state index contributed by atoms with van der Waals surface area (Å²) in [6.07, 6.45) is 5.21. The molecule has 3 amide bonds. The molecule has 1 aliphatic heterocycles. The highest BCUT2D eigenvalue weighted by atomic mass is 16.6. The van der Waals surface area contributed by atoms with Crippen LogP contribution in [0.5, 0.6) is 0 Å². The second-order valence-electron chi connectivity index (χ2n) is 13.2.